The molecule has 0 saturated carbocycles. The van der Waals surface area contributed by atoms with Gasteiger partial charge in [0.05, 0.1) is 62.7 Å². The van der Waals surface area contributed by atoms with Crippen LogP contribution >= 0.6 is 0 Å². The van der Waals surface area contributed by atoms with Crippen molar-refractivity contribution in [2.24, 2.45) is 0 Å². The molecule has 0 N–H and O–H groups in total. The molecule has 0 bridgehead atoms. The van der Waals surface area contributed by atoms with Crippen molar-refractivity contribution in [1.82, 2.24) is 9.13 Å². The van der Waals surface area contributed by atoms with Crippen LogP contribution in [0.4, 0.5) is 0 Å². The molecule has 0 radical (unpaired) electrons. The molecule has 5 heteroatoms. The first kappa shape index (κ1) is 28.8. The number of nitrogens with zero attached hydrogens (tertiary/aromatic N) is 5. The molecule has 0 spiro atoms. The fourth-order valence-corrected chi connectivity index (χ4v) is 7.35. The maximum atomic E-state index is 10.2. The highest BCUT2D eigenvalue weighted by Crippen LogP contribution is 2.39. The number of aromatic nitrogens is 2. The highest BCUT2D eigenvalue weighted by Gasteiger charge is 2.18. The molecule has 2 aromatic heterocycles. The molecule has 7 aromatic carbocycles. The van der Waals surface area contributed by atoms with E-state index in [-0.39, 0.29) is 0 Å². The van der Waals surface area contributed by atoms with Gasteiger partial charge in [-0.25, -0.2) is 0 Å². The lowest BCUT2D eigenvalue weighted by atomic mass is 9.94. The van der Waals surface area contributed by atoms with Crippen LogP contribution in [0.5, 0.6) is 0 Å². The van der Waals surface area contributed by atoms with Gasteiger partial charge in [-0.3, -0.25) is 0 Å². The molecule has 9 aromatic rings. The summed E-state index contributed by atoms with van der Waals surface area (Å²) in [5, 5.41) is 34.2. The van der Waals surface area contributed by atoms with Gasteiger partial charge in [0.1, 0.15) is 0 Å². The third-order valence-electron chi connectivity index (χ3n) is 9.58. The van der Waals surface area contributed by atoms with E-state index in [0.717, 1.165) is 66.5 Å². The molecule has 9 rings (SSSR count). The molecule has 230 valence electrons. The minimum Gasteiger partial charge on any atom is -0.309 e. The van der Waals surface area contributed by atoms with E-state index in [1.807, 2.05) is 60.7 Å². The van der Waals surface area contributed by atoms with E-state index in [4.69, 9.17) is 0 Å². The molecule has 0 saturated heterocycles. The van der Waals surface area contributed by atoms with Gasteiger partial charge in [-0.05, 0) is 102 Å². The lowest BCUT2D eigenvalue weighted by Crippen LogP contribution is -1.99. The second-order valence-electron chi connectivity index (χ2n) is 12.4. The Kier molecular flexibility index (Phi) is 6.56. The van der Waals surface area contributed by atoms with Crippen LogP contribution in [0, 0.1) is 34.0 Å². The number of para-hydroxylation sites is 3. The standard InChI is InChI=1S/C45H25N5/c46-26-29-13-19-44(50-43-12-6-3-9-38(43)40-24-30(27-47)14-20-45(40)50)39(23-29)34-22-31(28-48)21-33(25-34)32-15-17-35(18-16-32)49-41-10-4-1-7-36(41)37-8-2-5-11-42(37)49/h1-25H. The zero-order valence-electron chi connectivity index (χ0n) is 26.7. The van der Waals surface area contributed by atoms with Crippen LogP contribution < -0.4 is 0 Å². The average Bonchev–Trinajstić information content (AvgIpc) is 3.70. The molecular formula is C45H25N5. The van der Waals surface area contributed by atoms with Crippen LogP contribution in [0.15, 0.2) is 152 Å². The third kappa shape index (κ3) is 4.45. The Morgan fingerprint density at radius 2 is 0.880 bits per heavy atom. The Morgan fingerprint density at radius 1 is 0.360 bits per heavy atom. The molecular weight excluding hydrogens is 611 g/mol. The minimum atomic E-state index is 0.524. The molecule has 0 aliphatic rings. The van der Waals surface area contributed by atoms with Gasteiger partial charge >= 0.3 is 0 Å². The number of hydrogen-bond acceptors (Lipinski definition) is 3. The molecule has 0 atom stereocenters. The van der Waals surface area contributed by atoms with Crippen molar-refractivity contribution in [3.63, 3.8) is 0 Å². The summed E-state index contributed by atoms with van der Waals surface area (Å²) in [6.45, 7) is 0. The molecule has 0 aliphatic heterocycles. The zero-order chi connectivity index (χ0) is 33.8. The molecule has 0 aliphatic carbocycles. The summed E-state index contributed by atoms with van der Waals surface area (Å²) in [6, 6.07) is 57.8. The number of fused-ring (bicyclic) bond motifs is 6. The Hall–Kier alpha value is -7.39. The molecule has 0 unspecified atom stereocenters. The van der Waals surface area contributed by atoms with Crippen molar-refractivity contribution in [1.29, 1.82) is 15.8 Å². The van der Waals surface area contributed by atoms with Crippen LogP contribution in [-0.4, -0.2) is 9.13 Å². The quantitative estimate of drug-likeness (QED) is 0.193. The maximum Gasteiger partial charge on any atom is 0.0992 e. The summed E-state index contributed by atoms with van der Waals surface area (Å²) in [4.78, 5) is 0. The van der Waals surface area contributed by atoms with E-state index in [1.165, 1.54) is 10.8 Å². The molecule has 50 heavy (non-hydrogen) atoms. The van der Waals surface area contributed by atoms with Gasteiger partial charge in [-0.1, -0.05) is 66.7 Å². The van der Waals surface area contributed by atoms with Crippen molar-refractivity contribution < 1.29 is 0 Å². The summed E-state index contributed by atoms with van der Waals surface area (Å²) in [6.07, 6.45) is 0. The normalized spacial score (nSPS) is 11.1. The predicted octanol–water partition coefficient (Wildman–Crippen LogP) is 10.8. The smallest absolute Gasteiger partial charge is 0.0992 e. The van der Waals surface area contributed by atoms with Gasteiger partial charge in [-0.15, -0.1) is 0 Å². The van der Waals surface area contributed by atoms with E-state index in [2.05, 4.69) is 118 Å². The van der Waals surface area contributed by atoms with E-state index in [9.17, 15) is 15.8 Å². The highest BCUT2D eigenvalue weighted by molar-refractivity contribution is 6.11. The lowest BCUT2D eigenvalue weighted by Gasteiger charge is -2.16. The molecule has 0 fully saturated rings. The van der Waals surface area contributed by atoms with Crippen LogP contribution in [-0.2, 0) is 0 Å². The number of nitriles is 3. The first-order valence-corrected chi connectivity index (χ1v) is 16.3. The largest absolute Gasteiger partial charge is 0.309 e. The zero-order valence-corrected chi connectivity index (χ0v) is 26.7. The summed E-state index contributed by atoms with van der Waals surface area (Å²) in [5.74, 6) is 0. The van der Waals surface area contributed by atoms with Crippen molar-refractivity contribution in [2.75, 3.05) is 0 Å². The predicted molar refractivity (Wildman–Crippen MR) is 200 cm³/mol. The first-order chi connectivity index (χ1) is 24.6. The summed E-state index contributed by atoms with van der Waals surface area (Å²) < 4.78 is 4.47. The van der Waals surface area contributed by atoms with Gasteiger partial charge in [0.15, 0.2) is 0 Å². The van der Waals surface area contributed by atoms with Crippen molar-refractivity contribution in [2.45, 2.75) is 0 Å². The fourth-order valence-electron chi connectivity index (χ4n) is 7.35. The number of hydrogen-bond donors (Lipinski definition) is 0. The van der Waals surface area contributed by atoms with Gasteiger partial charge in [0, 0.05) is 32.8 Å². The van der Waals surface area contributed by atoms with Crippen LogP contribution in [0.2, 0.25) is 0 Å². The van der Waals surface area contributed by atoms with Crippen molar-refractivity contribution in [3.8, 4) is 51.8 Å². The van der Waals surface area contributed by atoms with E-state index >= 15 is 0 Å². The Morgan fingerprint density at radius 3 is 1.52 bits per heavy atom. The van der Waals surface area contributed by atoms with E-state index < -0.39 is 0 Å². The van der Waals surface area contributed by atoms with Gasteiger partial charge in [0.25, 0.3) is 0 Å². The van der Waals surface area contributed by atoms with E-state index in [1.54, 1.807) is 0 Å². The van der Waals surface area contributed by atoms with Crippen molar-refractivity contribution in [3.05, 3.63) is 168 Å². The van der Waals surface area contributed by atoms with Gasteiger partial charge in [0.2, 0.25) is 0 Å². The minimum absolute atomic E-state index is 0.524. The number of rotatable bonds is 4. The van der Waals surface area contributed by atoms with E-state index in [0.29, 0.717) is 16.7 Å². The molecule has 5 nitrogen and oxygen atoms in total. The second kappa shape index (κ2) is 11.4. The first-order valence-electron chi connectivity index (χ1n) is 16.3. The van der Waals surface area contributed by atoms with Gasteiger partial charge in [-0.2, -0.15) is 15.8 Å². The maximum absolute atomic E-state index is 10.2. The third-order valence-corrected chi connectivity index (χ3v) is 9.58. The summed E-state index contributed by atoms with van der Waals surface area (Å²) in [7, 11) is 0. The average molecular weight is 636 g/mol. The Bertz CT molecular complexity index is 2900. The Labute approximate surface area is 287 Å². The van der Waals surface area contributed by atoms with Gasteiger partial charge < -0.3 is 9.13 Å². The van der Waals surface area contributed by atoms with Crippen LogP contribution in [0.25, 0.3) is 77.2 Å². The summed E-state index contributed by atoms with van der Waals surface area (Å²) >= 11 is 0. The monoisotopic (exact) mass is 635 g/mol. The van der Waals surface area contributed by atoms with Crippen molar-refractivity contribution >= 4 is 43.6 Å². The lowest BCUT2D eigenvalue weighted by molar-refractivity contribution is 1.18. The van der Waals surface area contributed by atoms with Crippen LogP contribution in [0.1, 0.15) is 16.7 Å². The highest BCUT2D eigenvalue weighted by atomic mass is 15.0. The topological polar surface area (TPSA) is 81.2 Å². The SMILES string of the molecule is N#Cc1cc(-c2ccc(-n3c4ccccc4c4ccccc43)cc2)cc(-c2cc(C#N)ccc2-n2c3ccccc3c3cc(C#N)ccc32)c1. The second-order valence-corrected chi connectivity index (χ2v) is 12.4. The number of benzene rings is 7. The summed E-state index contributed by atoms with van der Waals surface area (Å²) in [5.41, 5.74) is 11.4. The van der Waals surface area contributed by atoms with Crippen LogP contribution in [0.3, 0.4) is 0 Å². The fraction of sp³-hybridized carbons (Fsp3) is 0. The molecule has 2 heterocycles. The molecule has 0 amide bonds. The Balaban J connectivity index is 1.22.